The van der Waals surface area contributed by atoms with E-state index in [1.54, 1.807) is 13.8 Å². The molecule has 2 aromatic carbocycles. The fraction of sp³-hybridized carbons (Fsp3) is 0.350. The SMILES string of the molecule is CCc1ccc(CCOc2ccc(C[C@@]3(C)SC(=O)NC3=O)cc2)nc1.CCc1ccc(CCOc2ccc(C[C@]3(C)SC(=O)NC3=O)cc2)nc1. The number of ether oxygens (including phenoxy) is 2. The zero-order valence-electron chi connectivity index (χ0n) is 29.9. The van der Waals surface area contributed by atoms with Crippen molar-refractivity contribution in [2.75, 3.05) is 13.2 Å². The summed E-state index contributed by atoms with van der Waals surface area (Å²) in [6.07, 6.45) is 8.31. The molecule has 0 saturated carbocycles. The lowest BCUT2D eigenvalue weighted by Crippen LogP contribution is -2.35. The Bertz CT molecular complexity index is 1720. The first-order chi connectivity index (χ1) is 25.0. The molecule has 0 aliphatic carbocycles. The number of hydrogen-bond acceptors (Lipinski definition) is 10. The molecule has 2 aromatic heterocycles. The van der Waals surface area contributed by atoms with Gasteiger partial charge in [0.15, 0.2) is 0 Å². The summed E-state index contributed by atoms with van der Waals surface area (Å²) in [5.74, 6) is 1.11. The molecule has 0 bridgehead atoms. The predicted molar refractivity (Wildman–Crippen MR) is 205 cm³/mol. The van der Waals surface area contributed by atoms with Crippen molar-refractivity contribution in [3.05, 3.63) is 119 Å². The summed E-state index contributed by atoms with van der Waals surface area (Å²) in [4.78, 5) is 55.5. The van der Waals surface area contributed by atoms with E-state index in [-0.39, 0.29) is 22.3 Å². The van der Waals surface area contributed by atoms with E-state index in [2.05, 4.69) is 46.6 Å². The molecule has 0 radical (unpaired) electrons. The normalized spacial score (nSPS) is 19.5. The second kappa shape index (κ2) is 17.7. The summed E-state index contributed by atoms with van der Waals surface area (Å²) in [5.41, 5.74) is 6.48. The quantitative estimate of drug-likeness (QED) is 0.138. The van der Waals surface area contributed by atoms with Crippen LogP contribution in [0.25, 0.3) is 0 Å². The van der Waals surface area contributed by atoms with Gasteiger partial charge >= 0.3 is 0 Å². The van der Waals surface area contributed by atoms with Crippen LogP contribution in [-0.2, 0) is 48.1 Å². The van der Waals surface area contributed by atoms with Gasteiger partial charge in [0.1, 0.15) is 21.0 Å². The molecule has 4 aromatic rings. The van der Waals surface area contributed by atoms with Crippen molar-refractivity contribution >= 4 is 45.8 Å². The largest absolute Gasteiger partial charge is 0.493 e. The molecule has 2 atom stereocenters. The van der Waals surface area contributed by atoms with E-state index in [0.29, 0.717) is 26.1 Å². The van der Waals surface area contributed by atoms with Crippen LogP contribution < -0.4 is 20.1 Å². The van der Waals surface area contributed by atoms with Crippen molar-refractivity contribution < 1.29 is 28.7 Å². The van der Waals surface area contributed by atoms with Gasteiger partial charge in [-0.3, -0.25) is 39.8 Å². The lowest BCUT2D eigenvalue weighted by atomic mass is 9.99. The second-order valence-corrected chi connectivity index (χ2v) is 16.0. The number of amides is 4. The summed E-state index contributed by atoms with van der Waals surface area (Å²) in [6.45, 7) is 8.92. The molecule has 4 amide bonds. The number of benzene rings is 2. The van der Waals surface area contributed by atoms with Crippen LogP contribution in [0.3, 0.4) is 0 Å². The third kappa shape index (κ3) is 10.7. The molecule has 2 fully saturated rings. The first-order valence-electron chi connectivity index (χ1n) is 17.4. The highest BCUT2D eigenvalue weighted by atomic mass is 32.2. The topological polar surface area (TPSA) is 137 Å². The number of carbonyl (C=O) groups excluding carboxylic acids is 4. The fourth-order valence-electron chi connectivity index (χ4n) is 5.59. The van der Waals surface area contributed by atoms with Crippen LogP contribution in [0.4, 0.5) is 9.59 Å². The number of aryl methyl sites for hydroxylation is 2. The van der Waals surface area contributed by atoms with Gasteiger partial charge in [0.2, 0.25) is 11.8 Å². The fourth-order valence-corrected chi connectivity index (χ4v) is 7.46. The molecule has 2 saturated heterocycles. The molecule has 0 unspecified atom stereocenters. The van der Waals surface area contributed by atoms with Gasteiger partial charge in [0.25, 0.3) is 10.5 Å². The molecule has 10 nitrogen and oxygen atoms in total. The van der Waals surface area contributed by atoms with Crippen molar-refractivity contribution in [3.63, 3.8) is 0 Å². The number of thioether (sulfide) groups is 2. The second-order valence-electron chi connectivity index (χ2n) is 13.0. The number of carbonyl (C=O) groups is 4. The van der Waals surface area contributed by atoms with Crippen molar-refractivity contribution in [2.45, 2.75) is 75.7 Å². The summed E-state index contributed by atoms with van der Waals surface area (Å²) in [7, 11) is 0. The molecule has 6 rings (SSSR count). The number of nitrogens with zero attached hydrogens (tertiary/aromatic N) is 2. The van der Waals surface area contributed by atoms with Crippen molar-refractivity contribution in [1.29, 1.82) is 0 Å². The highest BCUT2D eigenvalue weighted by molar-refractivity contribution is 8.16. The number of aromatic nitrogens is 2. The van der Waals surface area contributed by atoms with E-state index in [1.807, 2.05) is 73.1 Å². The molecule has 2 N–H and O–H groups in total. The van der Waals surface area contributed by atoms with Crippen LogP contribution in [0.2, 0.25) is 0 Å². The Hall–Kier alpha value is -4.68. The van der Waals surface area contributed by atoms with Crippen LogP contribution in [-0.4, -0.2) is 55.0 Å². The maximum Gasteiger partial charge on any atom is 0.286 e. The maximum atomic E-state index is 11.9. The Labute approximate surface area is 313 Å². The van der Waals surface area contributed by atoms with Crippen LogP contribution in [0.15, 0.2) is 85.2 Å². The van der Waals surface area contributed by atoms with Crippen LogP contribution in [0.1, 0.15) is 61.3 Å². The minimum Gasteiger partial charge on any atom is -0.493 e. The summed E-state index contributed by atoms with van der Waals surface area (Å²) >= 11 is 2.10. The van der Waals surface area contributed by atoms with Gasteiger partial charge in [-0.1, -0.05) is 50.2 Å². The predicted octanol–water partition coefficient (Wildman–Crippen LogP) is 7.10. The van der Waals surface area contributed by atoms with Crippen LogP contribution in [0, 0.1) is 0 Å². The number of rotatable bonds is 14. The minimum atomic E-state index is -0.740. The van der Waals surface area contributed by atoms with E-state index in [1.165, 1.54) is 11.1 Å². The highest BCUT2D eigenvalue weighted by Gasteiger charge is 2.44. The Morgan fingerprint density at radius 2 is 0.923 bits per heavy atom. The number of pyridine rings is 2. The van der Waals surface area contributed by atoms with E-state index >= 15 is 0 Å². The molecule has 272 valence electrons. The lowest BCUT2D eigenvalue weighted by molar-refractivity contribution is -0.122. The Kier molecular flexibility index (Phi) is 13.1. The van der Waals surface area contributed by atoms with Gasteiger partial charge in [-0.2, -0.15) is 0 Å². The molecule has 0 spiro atoms. The average Bonchev–Trinajstić information content (AvgIpc) is 3.55. The van der Waals surface area contributed by atoms with Crippen molar-refractivity contribution in [3.8, 4) is 11.5 Å². The summed E-state index contributed by atoms with van der Waals surface area (Å²) in [5, 5.41) is 4.13. The summed E-state index contributed by atoms with van der Waals surface area (Å²) in [6, 6.07) is 23.6. The summed E-state index contributed by atoms with van der Waals surface area (Å²) < 4.78 is 10.1. The van der Waals surface area contributed by atoms with Gasteiger partial charge in [-0.05, 0) is 122 Å². The maximum absolute atomic E-state index is 11.9. The van der Waals surface area contributed by atoms with Gasteiger partial charge in [0, 0.05) is 36.6 Å². The molecule has 52 heavy (non-hydrogen) atoms. The standard InChI is InChI=1S/2C20H22N2O3S/c2*1-3-14-4-7-16(21-13-14)10-11-25-17-8-5-15(6-9-17)12-20(2)18(23)22-19(24)26-20/h2*4-9,13H,3,10-12H2,1-2H3,(H,22,23,24)/t2*20-/m10/s1. The first kappa shape index (κ1) is 38.5. The van der Waals surface area contributed by atoms with E-state index in [4.69, 9.17) is 9.47 Å². The molecule has 2 aliphatic heterocycles. The van der Waals surface area contributed by atoms with Gasteiger partial charge < -0.3 is 9.47 Å². The average molecular weight is 741 g/mol. The highest BCUT2D eigenvalue weighted by Crippen LogP contribution is 2.36. The van der Waals surface area contributed by atoms with E-state index < -0.39 is 9.49 Å². The van der Waals surface area contributed by atoms with E-state index in [0.717, 1.165) is 83.2 Å². The zero-order valence-corrected chi connectivity index (χ0v) is 31.5. The first-order valence-corrected chi connectivity index (χ1v) is 19.0. The van der Waals surface area contributed by atoms with Crippen molar-refractivity contribution in [2.24, 2.45) is 0 Å². The molecule has 2 aliphatic rings. The Morgan fingerprint density at radius 1 is 0.558 bits per heavy atom. The molecule has 4 heterocycles. The van der Waals surface area contributed by atoms with Crippen LogP contribution >= 0.6 is 23.5 Å². The monoisotopic (exact) mass is 740 g/mol. The van der Waals surface area contributed by atoms with Crippen molar-refractivity contribution in [1.82, 2.24) is 20.6 Å². The molecule has 12 heteroatoms. The third-order valence-electron chi connectivity index (χ3n) is 8.80. The Morgan fingerprint density at radius 3 is 1.21 bits per heavy atom. The number of nitrogens with one attached hydrogen (secondary N) is 2. The smallest absolute Gasteiger partial charge is 0.286 e. The minimum absolute atomic E-state index is 0.227. The molecular weight excluding hydrogens is 697 g/mol. The Balaban J connectivity index is 0.000000201. The molecular formula is C40H44N4O6S2. The van der Waals surface area contributed by atoms with Crippen LogP contribution in [0.5, 0.6) is 11.5 Å². The number of hydrogen-bond donors (Lipinski definition) is 2. The third-order valence-corrected chi connectivity index (χ3v) is 10.9. The number of imide groups is 2. The van der Waals surface area contributed by atoms with Gasteiger partial charge in [-0.15, -0.1) is 0 Å². The van der Waals surface area contributed by atoms with Gasteiger partial charge in [0.05, 0.1) is 13.2 Å². The zero-order chi connectivity index (χ0) is 37.1. The lowest BCUT2D eigenvalue weighted by Gasteiger charge is -2.18. The van der Waals surface area contributed by atoms with E-state index in [9.17, 15) is 19.2 Å². The van der Waals surface area contributed by atoms with Gasteiger partial charge in [-0.25, -0.2) is 0 Å².